The molecular weight excluding hydrogens is 208 g/mol. The molecule has 0 fully saturated rings. The van der Waals surface area contributed by atoms with Gasteiger partial charge in [-0.2, -0.15) is 5.10 Å². The third-order valence-electron chi connectivity index (χ3n) is 3.42. The molecule has 0 spiro atoms. The number of aromatic nitrogens is 2. The SMILES string of the molecule is Cc1nn(CCCc2ccccc2)c(C)c1C. The zero-order valence-electron chi connectivity index (χ0n) is 10.9. The van der Waals surface area contributed by atoms with E-state index in [1.54, 1.807) is 0 Å². The summed E-state index contributed by atoms with van der Waals surface area (Å²) in [5.74, 6) is 0. The Labute approximate surface area is 103 Å². The fraction of sp³-hybridized carbons (Fsp3) is 0.400. The zero-order chi connectivity index (χ0) is 12.3. The Kier molecular flexibility index (Phi) is 3.62. The van der Waals surface area contributed by atoms with Gasteiger partial charge in [-0.15, -0.1) is 0 Å². The van der Waals surface area contributed by atoms with Crippen LogP contribution < -0.4 is 0 Å². The minimum Gasteiger partial charge on any atom is -0.269 e. The minimum absolute atomic E-state index is 1.01. The van der Waals surface area contributed by atoms with Crippen molar-refractivity contribution < 1.29 is 0 Å². The van der Waals surface area contributed by atoms with Crippen molar-refractivity contribution in [1.82, 2.24) is 9.78 Å². The summed E-state index contributed by atoms with van der Waals surface area (Å²) in [6.45, 7) is 7.38. The quantitative estimate of drug-likeness (QED) is 0.783. The van der Waals surface area contributed by atoms with Crippen LogP contribution in [0.2, 0.25) is 0 Å². The monoisotopic (exact) mass is 228 g/mol. The van der Waals surface area contributed by atoms with E-state index in [-0.39, 0.29) is 0 Å². The highest BCUT2D eigenvalue weighted by Gasteiger charge is 2.06. The molecular formula is C15H20N2. The maximum atomic E-state index is 4.56. The van der Waals surface area contributed by atoms with E-state index in [0.29, 0.717) is 0 Å². The molecule has 0 aliphatic heterocycles. The van der Waals surface area contributed by atoms with Gasteiger partial charge in [-0.3, -0.25) is 4.68 Å². The van der Waals surface area contributed by atoms with Gasteiger partial charge in [0.05, 0.1) is 5.69 Å². The van der Waals surface area contributed by atoms with E-state index in [1.165, 1.54) is 16.8 Å². The van der Waals surface area contributed by atoms with E-state index >= 15 is 0 Å². The third-order valence-corrected chi connectivity index (χ3v) is 3.42. The molecule has 0 radical (unpaired) electrons. The molecule has 0 bridgehead atoms. The van der Waals surface area contributed by atoms with Gasteiger partial charge >= 0.3 is 0 Å². The summed E-state index contributed by atoms with van der Waals surface area (Å²) in [6.07, 6.45) is 2.27. The van der Waals surface area contributed by atoms with Crippen molar-refractivity contribution in [3.05, 3.63) is 52.8 Å². The Morgan fingerprint density at radius 2 is 1.76 bits per heavy atom. The van der Waals surface area contributed by atoms with E-state index in [4.69, 9.17) is 0 Å². The van der Waals surface area contributed by atoms with Crippen LogP contribution in [0.5, 0.6) is 0 Å². The van der Waals surface area contributed by atoms with E-state index in [0.717, 1.165) is 25.1 Å². The van der Waals surface area contributed by atoms with E-state index in [2.05, 4.69) is 60.9 Å². The Morgan fingerprint density at radius 1 is 1.06 bits per heavy atom. The molecule has 2 nitrogen and oxygen atoms in total. The normalized spacial score (nSPS) is 10.8. The molecule has 0 N–H and O–H groups in total. The summed E-state index contributed by atoms with van der Waals surface area (Å²) < 4.78 is 2.13. The van der Waals surface area contributed by atoms with Crippen LogP contribution in [-0.4, -0.2) is 9.78 Å². The van der Waals surface area contributed by atoms with Gasteiger partial charge in [0.15, 0.2) is 0 Å². The van der Waals surface area contributed by atoms with Crippen LogP contribution >= 0.6 is 0 Å². The highest BCUT2D eigenvalue weighted by Crippen LogP contribution is 2.12. The molecule has 1 heterocycles. The summed E-state index contributed by atoms with van der Waals surface area (Å²) in [7, 11) is 0. The van der Waals surface area contributed by atoms with Crippen molar-refractivity contribution in [3.63, 3.8) is 0 Å². The zero-order valence-corrected chi connectivity index (χ0v) is 10.9. The smallest absolute Gasteiger partial charge is 0.0625 e. The number of nitrogens with zero attached hydrogens (tertiary/aromatic N) is 2. The Morgan fingerprint density at radius 3 is 2.35 bits per heavy atom. The van der Waals surface area contributed by atoms with Crippen LogP contribution in [0, 0.1) is 20.8 Å². The molecule has 0 saturated heterocycles. The predicted octanol–water partition coefficient (Wildman–Crippen LogP) is 3.44. The molecule has 0 unspecified atom stereocenters. The number of aryl methyl sites for hydroxylation is 3. The Balaban J connectivity index is 1.92. The fourth-order valence-corrected chi connectivity index (χ4v) is 2.08. The van der Waals surface area contributed by atoms with Crippen molar-refractivity contribution in [2.75, 3.05) is 0 Å². The third kappa shape index (κ3) is 2.76. The average molecular weight is 228 g/mol. The number of rotatable bonds is 4. The van der Waals surface area contributed by atoms with Gasteiger partial charge in [0.2, 0.25) is 0 Å². The maximum Gasteiger partial charge on any atom is 0.0625 e. The topological polar surface area (TPSA) is 17.8 Å². The highest BCUT2D eigenvalue weighted by molar-refractivity contribution is 5.22. The van der Waals surface area contributed by atoms with E-state index in [1.807, 2.05) is 0 Å². The summed E-state index contributed by atoms with van der Waals surface area (Å²) in [5, 5.41) is 4.56. The van der Waals surface area contributed by atoms with Gasteiger partial charge in [0.1, 0.15) is 0 Å². The van der Waals surface area contributed by atoms with Crippen LogP contribution in [0.15, 0.2) is 30.3 Å². The van der Waals surface area contributed by atoms with Gasteiger partial charge in [-0.25, -0.2) is 0 Å². The average Bonchev–Trinajstić information content (AvgIpc) is 2.59. The molecule has 1 aromatic carbocycles. The van der Waals surface area contributed by atoms with Crippen molar-refractivity contribution >= 4 is 0 Å². The first-order valence-electron chi connectivity index (χ1n) is 6.23. The number of hydrogen-bond donors (Lipinski definition) is 0. The molecule has 1 aromatic heterocycles. The fourth-order valence-electron chi connectivity index (χ4n) is 2.08. The molecule has 0 saturated carbocycles. The lowest BCUT2D eigenvalue weighted by Crippen LogP contribution is -2.04. The summed E-state index contributed by atoms with van der Waals surface area (Å²) in [4.78, 5) is 0. The van der Waals surface area contributed by atoms with Crippen LogP contribution in [0.3, 0.4) is 0 Å². The second-order valence-electron chi connectivity index (χ2n) is 4.61. The van der Waals surface area contributed by atoms with Gasteiger partial charge in [-0.05, 0) is 44.7 Å². The van der Waals surface area contributed by atoms with Crippen molar-refractivity contribution in [1.29, 1.82) is 0 Å². The molecule has 2 rings (SSSR count). The first-order valence-corrected chi connectivity index (χ1v) is 6.23. The second kappa shape index (κ2) is 5.17. The maximum absolute atomic E-state index is 4.56. The molecule has 17 heavy (non-hydrogen) atoms. The van der Waals surface area contributed by atoms with Gasteiger partial charge in [0, 0.05) is 12.2 Å². The Hall–Kier alpha value is -1.57. The van der Waals surface area contributed by atoms with Crippen molar-refractivity contribution in [2.45, 2.75) is 40.2 Å². The minimum atomic E-state index is 1.01. The van der Waals surface area contributed by atoms with Crippen LogP contribution in [0.4, 0.5) is 0 Å². The number of hydrogen-bond acceptors (Lipinski definition) is 1. The lowest BCUT2D eigenvalue weighted by Gasteiger charge is -2.04. The van der Waals surface area contributed by atoms with Crippen LogP contribution in [-0.2, 0) is 13.0 Å². The first kappa shape index (κ1) is 11.9. The molecule has 0 aliphatic carbocycles. The number of benzene rings is 1. The summed E-state index contributed by atoms with van der Waals surface area (Å²) >= 11 is 0. The standard InChI is InChI=1S/C15H20N2/c1-12-13(2)16-17(14(12)3)11-7-10-15-8-5-4-6-9-15/h4-6,8-9H,7,10-11H2,1-3H3. The van der Waals surface area contributed by atoms with Crippen molar-refractivity contribution in [3.8, 4) is 0 Å². The van der Waals surface area contributed by atoms with Crippen LogP contribution in [0.25, 0.3) is 0 Å². The molecule has 0 atom stereocenters. The van der Waals surface area contributed by atoms with E-state index < -0.39 is 0 Å². The van der Waals surface area contributed by atoms with Crippen LogP contribution in [0.1, 0.15) is 28.9 Å². The van der Waals surface area contributed by atoms with Crippen molar-refractivity contribution in [2.24, 2.45) is 0 Å². The second-order valence-corrected chi connectivity index (χ2v) is 4.61. The lowest BCUT2D eigenvalue weighted by atomic mass is 10.1. The molecule has 2 aromatic rings. The highest BCUT2D eigenvalue weighted by atomic mass is 15.3. The molecule has 2 heteroatoms. The predicted molar refractivity (Wildman–Crippen MR) is 71.2 cm³/mol. The van der Waals surface area contributed by atoms with Gasteiger partial charge in [0.25, 0.3) is 0 Å². The Bertz CT molecular complexity index is 483. The summed E-state index contributed by atoms with van der Waals surface area (Å²) in [5.41, 5.74) is 5.19. The molecule has 0 aliphatic rings. The largest absolute Gasteiger partial charge is 0.269 e. The van der Waals surface area contributed by atoms with Gasteiger partial charge in [-0.1, -0.05) is 30.3 Å². The lowest BCUT2D eigenvalue weighted by molar-refractivity contribution is 0.562. The molecule has 90 valence electrons. The summed E-state index contributed by atoms with van der Waals surface area (Å²) in [6, 6.07) is 10.6. The molecule has 0 amide bonds. The van der Waals surface area contributed by atoms with Gasteiger partial charge < -0.3 is 0 Å². The van der Waals surface area contributed by atoms with E-state index in [9.17, 15) is 0 Å². The first-order chi connectivity index (χ1) is 8.18.